The molecule has 2 aliphatic rings. The number of nitrogens with zero attached hydrogens (tertiary/aromatic N) is 1. The van der Waals surface area contributed by atoms with E-state index >= 15 is 0 Å². The maximum atomic E-state index is 12.0. The maximum absolute atomic E-state index is 12.0. The molecular weight excluding hydrogens is 236 g/mol. The number of likely N-dealkylation sites (tertiary alicyclic amines) is 1. The second-order valence-corrected chi connectivity index (χ2v) is 4.90. The molecule has 6 heteroatoms. The molecule has 1 saturated heterocycles. The zero-order valence-electron chi connectivity index (χ0n) is 10.2. The van der Waals surface area contributed by atoms with Gasteiger partial charge in [-0.2, -0.15) is 0 Å². The molecule has 2 atom stereocenters. The van der Waals surface area contributed by atoms with Crippen LogP contribution >= 0.6 is 0 Å². The molecular formula is C12H18N2O4. The molecule has 2 fully saturated rings. The molecule has 0 radical (unpaired) electrons. The van der Waals surface area contributed by atoms with Crippen LogP contribution in [0.15, 0.2) is 0 Å². The Balaban J connectivity index is 2.00. The van der Waals surface area contributed by atoms with E-state index in [4.69, 9.17) is 5.11 Å². The number of amides is 3. The van der Waals surface area contributed by atoms with Crippen molar-refractivity contribution in [3.05, 3.63) is 0 Å². The van der Waals surface area contributed by atoms with Gasteiger partial charge in [-0.25, -0.2) is 0 Å². The average molecular weight is 254 g/mol. The first-order valence-electron chi connectivity index (χ1n) is 6.36. The summed E-state index contributed by atoms with van der Waals surface area (Å²) in [7, 11) is 0. The van der Waals surface area contributed by atoms with Crippen LogP contribution in [0.1, 0.15) is 25.7 Å². The Morgan fingerprint density at radius 1 is 1.28 bits per heavy atom. The number of carbonyl (C=O) groups is 3. The molecule has 3 amide bonds. The van der Waals surface area contributed by atoms with Crippen LogP contribution in [0.4, 0.5) is 0 Å². The summed E-state index contributed by atoms with van der Waals surface area (Å²) >= 11 is 0. The molecule has 0 aromatic carbocycles. The monoisotopic (exact) mass is 254 g/mol. The fourth-order valence-electron chi connectivity index (χ4n) is 2.74. The van der Waals surface area contributed by atoms with E-state index in [0.717, 1.165) is 24.2 Å². The van der Waals surface area contributed by atoms with Gasteiger partial charge in [0, 0.05) is 18.4 Å². The summed E-state index contributed by atoms with van der Waals surface area (Å²) in [5.41, 5.74) is 0. The van der Waals surface area contributed by atoms with Crippen molar-refractivity contribution in [2.45, 2.75) is 25.7 Å². The number of piperidine rings is 1. The van der Waals surface area contributed by atoms with Crippen molar-refractivity contribution in [2.24, 2.45) is 11.8 Å². The number of hydrogen-bond donors (Lipinski definition) is 2. The molecule has 2 rings (SSSR count). The smallest absolute Gasteiger partial charge is 0.240 e. The SMILES string of the molecule is O=C(CN1C(=O)C2CCCC(C2)C1=O)NCCO. The standard InChI is InChI=1S/C12H18N2O4/c15-5-4-13-10(16)7-14-11(17)8-2-1-3-9(6-8)12(14)18/h8-9,15H,1-7H2,(H,13,16). The number of hydrogen-bond acceptors (Lipinski definition) is 4. The van der Waals surface area contributed by atoms with Crippen molar-refractivity contribution in [3.63, 3.8) is 0 Å². The Bertz CT molecular complexity index is 347. The minimum atomic E-state index is -0.397. The molecule has 1 saturated carbocycles. The summed E-state index contributed by atoms with van der Waals surface area (Å²) < 4.78 is 0. The lowest BCUT2D eigenvalue weighted by atomic mass is 9.77. The van der Waals surface area contributed by atoms with Crippen LogP contribution in [0, 0.1) is 11.8 Å². The largest absolute Gasteiger partial charge is 0.395 e. The third-order valence-electron chi connectivity index (χ3n) is 3.64. The lowest BCUT2D eigenvalue weighted by molar-refractivity contribution is -0.160. The summed E-state index contributed by atoms with van der Waals surface area (Å²) in [5, 5.41) is 11.0. The van der Waals surface area contributed by atoms with Gasteiger partial charge >= 0.3 is 0 Å². The normalized spacial score (nSPS) is 27.3. The number of imide groups is 1. The van der Waals surface area contributed by atoms with Gasteiger partial charge < -0.3 is 10.4 Å². The van der Waals surface area contributed by atoms with Crippen LogP contribution in [0.3, 0.4) is 0 Å². The minimum absolute atomic E-state index is 0.0907. The van der Waals surface area contributed by atoms with Crippen LogP contribution in [-0.2, 0) is 14.4 Å². The molecule has 18 heavy (non-hydrogen) atoms. The number of nitrogens with one attached hydrogen (secondary N) is 1. The first-order chi connectivity index (χ1) is 8.63. The van der Waals surface area contributed by atoms with Crippen molar-refractivity contribution >= 4 is 17.7 Å². The molecule has 2 unspecified atom stereocenters. The Morgan fingerprint density at radius 2 is 1.89 bits per heavy atom. The van der Waals surface area contributed by atoms with Gasteiger partial charge in [0.25, 0.3) is 0 Å². The molecule has 0 aromatic rings. The first kappa shape index (κ1) is 13.0. The Morgan fingerprint density at radius 3 is 2.44 bits per heavy atom. The summed E-state index contributed by atoms with van der Waals surface area (Å²) in [4.78, 5) is 36.7. The number of rotatable bonds is 4. The molecule has 2 bridgehead atoms. The number of aliphatic hydroxyl groups excluding tert-OH is 1. The summed E-state index contributed by atoms with van der Waals surface area (Å²) in [6, 6.07) is 0. The molecule has 0 aromatic heterocycles. The third kappa shape index (κ3) is 2.53. The van der Waals surface area contributed by atoms with E-state index in [9.17, 15) is 14.4 Å². The lowest BCUT2D eigenvalue weighted by Gasteiger charge is -2.38. The summed E-state index contributed by atoms with van der Waals surface area (Å²) in [5.74, 6) is -1.00. The first-order valence-corrected chi connectivity index (χ1v) is 6.36. The van der Waals surface area contributed by atoms with E-state index in [1.807, 2.05) is 0 Å². The van der Waals surface area contributed by atoms with Gasteiger partial charge in [-0.3, -0.25) is 19.3 Å². The second-order valence-electron chi connectivity index (χ2n) is 4.90. The lowest BCUT2D eigenvalue weighted by Crippen LogP contribution is -2.54. The van der Waals surface area contributed by atoms with Gasteiger partial charge in [-0.05, 0) is 19.3 Å². The van der Waals surface area contributed by atoms with Crippen molar-refractivity contribution in [3.8, 4) is 0 Å². The zero-order chi connectivity index (χ0) is 13.1. The van der Waals surface area contributed by atoms with Crippen LogP contribution in [-0.4, -0.2) is 47.4 Å². The highest BCUT2D eigenvalue weighted by Gasteiger charge is 2.43. The predicted octanol–water partition coefficient (Wildman–Crippen LogP) is -0.730. The Kier molecular flexibility index (Phi) is 3.96. The van der Waals surface area contributed by atoms with E-state index < -0.39 is 5.91 Å². The van der Waals surface area contributed by atoms with Gasteiger partial charge in [0.05, 0.1) is 6.61 Å². The Hall–Kier alpha value is -1.43. The van der Waals surface area contributed by atoms with E-state index in [1.54, 1.807) is 0 Å². The van der Waals surface area contributed by atoms with Crippen molar-refractivity contribution in [1.29, 1.82) is 0 Å². The van der Waals surface area contributed by atoms with E-state index in [-0.39, 0.29) is 43.3 Å². The molecule has 100 valence electrons. The number of aliphatic hydroxyl groups is 1. The maximum Gasteiger partial charge on any atom is 0.240 e. The van der Waals surface area contributed by atoms with Crippen LogP contribution in [0.25, 0.3) is 0 Å². The van der Waals surface area contributed by atoms with Gasteiger partial charge in [0.15, 0.2) is 0 Å². The van der Waals surface area contributed by atoms with E-state index in [0.29, 0.717) is 6.42 Å². The van der Waals surface area contributed by atoms with Gasteiger partial charge in [0.1, 0.15) is 6.54 Å². The number of fused-ring (bicyclic) bond motifs is 2. The molecule has 0 spiro atoms. The second kappa shape index (κ2) is 5.48. The van der Waals surface area contributed by atoms with Gasteiger partial charge in [-0.1, -0.05) is 6.42 Å². The molecule has 2 N–H and O–H groups in total. The van der Waals surface area contributed by atoms with Crippen LogP contribution in [0.2, 0.25) is 0 Å². The summed E-state index contributed by atoms with van der Waals surface area (Å²) in [6.45, 7) is -0.231. The van der Waals surface area contributed by atoms with Crippen molar-refractivity contribution in [1.82, 2.24) is 10.2 Å². The molecule has 1 heterocycles. The van der Waals surface area contributed by atoms with Crippen LogP contribution in [0.5, 0.6) is 0 Å². The van der Waals surface area contributed by atoms with Crippen molar-refractivity contribution in [2.75, 3.05) is 19.7 Å². The highest BCUT2D eigenvalue weighted by molar-refractivity contribution is 6.03. The zero-order valence-corrected chi connectivity index (χ0v) is 10.2. The third-order valence-corrected chi connectivity index (χ3v) is 3.64. The minimum Gasteiger partial charge on any atom is -0.395 e. The van der Waals surface area contributed by atoms with Crippen LogP contribution < -0.4 is 5.32 Å². The fourth-order valence-corrected chi connectivity index (χ4v) is 2.74. The Labute approximate surface area is 105 Å². The summed E-state index contributed by atoms with van der Waals surface area (Å²) in [6.07, 6.45) is 3.19. The van der Waals surface area contributed by atoms with Gasteiger partial charge in [0.2, 0.25) is 17.7 Å². The van der Waals surface area contributed by atoms with E-state index in [1.165, 1.54) is 0 Å². The number of carbonyl (C=O) groups excluding carboxylic acids is 3. The van der Waals surface area contributed by atoms with Gasteiger partial charge in [-0.15, -0.1) is 0 Å². The molecule has 1 aliphatic carbocycles. The quantitative estimate of drug-likeness (QED) is 0.648. The highest BCUT2D eigenvalue weighted by atomic mass is 16.3. The molecule has 1 aliphatic heterocycles. The molecule has 6 nitrogen and oxygen atoms in total. The van der Waals surface area contributed by atoms with Crippen molar-refractivity contribution < 1.29 is 19.5 Å². The predicted molar refractivity (Wildman–Crippen MR) is 62.3 cm³/mol. The topological polar surface area (TPSA) is 86.7 Å². The average Bonchev–Trinajstić information content (AvgIpc) is 2.40. The fraction of sp³-hybridized carbons (Fsp3) is 0.750. The van der Waals surface area contributed by atoms with E-state index in [2.05, 4.69) is 5.32 Å². The highest BCUT2D eigenvalue weighted by Crippen LogP contribution is 2.35.